The van der Waals surface area contributed by atoms with Gasteiger partial charge in [-0.25, -0.2) is 0 Å². The summed E-state index contributed by atoms with van der Waals surface area (Å²) in [5.74, 6) is -0.0167. The number of carbonyl (C=O) groups is 1. The monoisotopic (exact) mass is 295 g/mol. The molecule has 0 aromatic heterocycles. The molecule has 0 aliphatic carbocycles. The van der Waals surface area contributed by atoms with Gasteiger partial charge < -0.3 is 10.6 Å². The zero-order valence-corrected chi connectivity index (χ0v) is 12.9. The molecule has 0 saturated carbocycles. The maximum atomic E-state index is 12.5. The van der Waals surface area contributed by atoms with Crippen molar-refractivity contribution >= 4 is 23.2 Å². The van der Waals surface area contributed by atoms with Gasteiger partial charge >= 0.3 is 0 Å². The Bertz CT molecular complexity index is 488. The summed E-state index contributed by atoms with van der Waals surface area (Å²) in [5, 5.41) is 0.468. The average molecular weight is 296 g/mol. The fourth-order valence-electron chi connectivity index (χ4n) is 2.84. The van der Waals surface area contributed by atoms with E-state index in [0.717, 1.165) is 32.6 Å². The minimum Gasteiger partial charge on any atom is -0.399 e. The number of anilines is 1. The van der Waals surface area contributed by atoms with Crippen LogP contribution >= 0.6 is 11.6 Å². The first-order chi connectivity index (χ1) is 9.56. The van der Waals surface area contributed by atoms with Crippen molar-refractivity contribution in [3.8, 4) is 0 Å². The van der Waals surface area contributed by atoms with E-state index in [1.54, 1.807) is 18.2 Å². The lowest BCUT2D eigenvalue weighted by molar-refractivity contribution is 0.0778. The Kier molecular flexibility index (Phi) is 4.89. The zero-order valence-electron chi connectivity index (χ0n) is 12.1. The molecular formula is C15H22ClN3O. The third kappa shape index (κ3) is 3.07. The van der Waals surface area contributed by atoms with Crippen molar-refractivity contribution in [3.05, 3.63) is 28.8 Å². The summed E-state index contributed by atoms with van der Waals surface area (Å²) in [4.78, 5) is 16.8. The molecule has 1 aromatic carbocycles. The Hall–Kier alpha value is -1.26. The lowest BCUT2D eigenvalue weighted by atomic mass is 10.2. The molecule has 2 N–H and O–H groups in total. The van der Waals surface area contributed by atoms with Crippen molar-refractivity contribution in [1.82, 2.24) is 9.80 Å². The molecule has 1 aromatic rings. The lowest BCUT2D eigenvalue weighted by Crippen LogP contribution is -2.38. The number of rotatable bonds is 4. The normalized spacial score (nSPS) is 18.8. The van der Waals surface area contributed by atoms with E-state index in [9.17, 15) is 4.79 Å². The van der Waals surface area contributed by atoms with E-state index in [1.807, 2.05) is 4.90 Å². The third-order valence-electron chi connectivity index (χ3n) is 4.00. The van der Waals surface area contributed by atoms with Crippen molar-refractivity contribution in [2.24, 2.45) is 0 Å². The first-order valence-electron chi connectivity index (χ1n) is 7.15. The van der Waals surface area contributed by atoms with Crippen molar-refractivity contribution in [3.63, 3.8) is 0 Å². The van der Waals surface area contributed by atoms with Gasteiger partial charge in [0, 0.05) is 24.8 Å². The highest BCUT2D eigenvalue weighted by Gasteiger charge is 2.30. The predicted molar refractivity (Wildman–Crippen MR) is 83.1 cm³/mol. The van der Waals surface area contributed by atoms with E-state index >= 15 is 0 Å². The largest absolute Gasteiger partial charge is 0.399 e. The molecule has 1 aliphatic rings. The molecular weight excluding hydrogens is 274 g/mol. The molecule has 1 atom stereocenters. The Labute approximate surface area is 125 Å². The van der Waals surface area contributed by atoms with Crippen LogP contribution in [-0.4, -0.2) is 47.9 Å². The number of nitrogen functional groups attached to an aromatic ring is 1. The molecule has 20 heavy (non-hydrogen) atoms. The summed E-state index contributed by atoms with van der Waals surface area (Å²) in [6.45, 7) is 7.90. The predicted octanol–water partition coefficient (Wildman–Crippen LogP) is 2.48. The third-order valence-corrected chi connectivity index (χ3v) is 4.33. The number of benzene rings is 1. The highest BCUT2D eigenvalue weighted by molar-refractivity contribution is 6.34. The Morgan fingerprint density at radius 1 is 1.45 bits per heavy atom. The van der Waals surface area contributed by atoms with Crippen LogP contribution in [0.25, 0.3) is 0 Å². The molecule has 0 radical (unpaired) electrons. The van der Waals surface area contributed by atoms with Gasteiger partial charge in [0.15, 0.2) is 0 Å². The second-order valence-electron chi connectivity index (χ2n) is 5.15. The SMILES string of the molecule is CCN(CC)C1CCN(C(=O)c2cc(N)ccc2Cl)C1. The topological polar surface area (TPSA) is 49.6 Å². The van der Waals surface area contributed by atoms with Crippen LogP contribution in [0.3, 0.4) is 0 Å². The van der Waals surface area contributed by atoms with Gasteiger partial charge in [-0.1, -0.05) is 25.4 Å². The van der Waals surface area contributed by atoms with Gasteiger partial charge in [0.05, 0.1) is 10.6 Å². The zero-order chi connectivity index (χ0) is 14.7. The van der Waals surface area contributed by atoms with Gasteiger partial charge in [0.2, 0.25) is 0 Å². The summed E-state index contributed by atoms with van der Waals surface area (Å²) >= 11 is 6.11. The van der Waals surface area contributed by atoms with E-state index in [-0.39, 0.29) is 5.91 Å². The van der Waals surface area contributed by atoms with Crippen molar-refractivity contribution in [2.45, 2.75) is 26.3 Å². The van der Waals surface area contributed by atoms with Crippen LogP contribution in [0.2, 0.25) is 5.02 Å². The highest BCUT2D eigenvalue weighted by atomic mass is 35.5. The maximum Gasteiger partial charge on any atom is 0.255 e. The summed E-state index contributed by atoms with van der Waals surface area (Å²) in [5.41, 5.74) is 6.82. The van der Waals surface area contributed by atoms with Crippen LogP contribution < -0.4 is 5.73 Å². The maximum absolute atomic E-state index is 12.5. The molecule has 1 aliphatic heterocycles. The van der Waals surface area contributed by atoms with Crippen molar-refractivity contribution in [2.75, 3.05) is 31.9 Å². The Balaban J connectivity index is 2.10. The molecule has 2 rings (SSSR count). The number of amides is 1. The van der Waals surface area contributed by atoms with E-state index in [4.69, 9.17) is 17.3 Å². The first-order valence-corrected chi connectivity index (χ1v) is 7.53. The summed E-state index contributed by atoms with van der Waals surface area (Å²) in [7, 11) is 0. The van der Waals surface area contributed by atoms with Gasteiger partial charge in [0.25, 0.3) is 5.91 Å². The van der Waals surface area contributed by atoms with Crippen LogP contribution in [0, 0.1) is 0 Å². The summed E-state index contributed by atoms with van der Waals surface area (Å²) in [6, 6.07) is 5.51. The van der Waals surface area contributed by atoms with Crippen LogP contribution in [-0.2, 0) is 0 Å². The molecule has 110 valence electrons. The molecule has 0 bridgehead atoms. The number of likely N-dealkylation sites (tertiary alicyclic amines) is 1. The number of hydrogen-bond donors (Lipinski definition) is 1. The van der Waals surface area contributed by atoms with Gasteiger partial charge in [0.1, 0.15) is 0 Å². The lowest BCUT2D eigenvalue weighted by Gasteiger charge is -2.26. The van der Waals surface area contributed by atoms with E-state index in [1.165, 1.54) is 0 Å². The molecule has 4 nitrogen and oxygen atoms in total. The van der Waals surface area contributed by atoms with Crippen LogP contribution in [0.4, 0.5) is 5.69 Å². The number of nitrogens with two attached hydrogens (primary N) is 1. The minimum atomic E-state index is -0.0167. The van der Waals surface area contributed by atoms with Gasteiger partial charge in [-0.15, -0.1) is 0 Å². The average Bonchev–Trinajstić information content (AvgIpc) is 2.92. The Morgan fingerprint density at radius 2 is 2.15 bits per heavy atom. The summed E-state index contributed by atoms with van der Waals surface area (Å²) < 4.78 is 0. The van der Waals surface area contributed by atoms with Crippen LogP contribution in [0.15, 0.2) is 18.2 Å². The van der Waals surface area contributed by atoms with Gasteiger partial charge in [-0.3, -0.25) is 9.69 Å². The Morgan fingerprint density at radius 3 is 2.80 bits per heavy atom. The fourth-order valence-corrected chi connectivity index (χ4v) is 3.04. The standard InChI is InChI=1S/C15H22ClN3O/c1-3-18(4-2)12-7-8-19(10-12)15(20)13-9-11(17)5-6-14(13)16/h5-6,9,12H,3-4,7-8,10,17H2,1-2H3. The molecule has 5 heteroatoms. The number of carbonyl (C=O) groups excluding carboxylic acids is 1. The second-order valence-corrected chi connectivity index (χ2v) is 5.56. The molecule has 1 fully saturated rings. The summed E-state index contributed by atoms with van der Waals surface area (Å²) in [6.07, 6.45) is 1.02. The van der Waals surface area contributed by atoms with Crippen LogP contribution in [0.1, 0.15) is 30.6 Å². The quantitative estimate of drug-likeness (QED) is 0.868. The van der Waals surface area contributed by atoms with Gasteiger partial charge in [-0.2, -0.15) is 0 Å². The second kappa shape index (κ2) is 6.46. The number of halogens is 1. The van der Waals surface area contributed by atoms with E-state index in [0.29, 0.717) is 22.3 Å². The molecule has 1 amide bonds. The number of likely N-dealkylation sites (N-methyl/N-ethyl adjacent to an activating group) is 1. The van der Waals surface area contributed by atoms with E-state index in [2.05, 4.69) is 18.7 Å². The van der Waals surface area contributed by atoms with Crippen molar-refractivity contribution < 1.29 is 4.79 Å². The smallest absolute Gasteiger partial charge is 0.255 e. The van der Waals surface area contributed by atoms with Crippen molar-refractivity contribution in [1.29, 1.82) is 0 Å². The van der Waals surface area contributed by atoms with Gasteiger partial charge in [-0.05, 0) is 37.7 Å². The molecule has 1 heterocycles. The number of hydrogen-bond acceptors (Lipinski definition) is 3. The highest BCUT2D eigenvalue weighted by Crippen LogP contribution is 2.24. The number of nitrogens with zero attached hydrogens (tertiary/aromatic N) is 2. The fraction of sp³-hybridized carbons (Fsp3) is 0.533. The molecule has 0 spiro atoms. The molecule has 1 unspecified atom stereocenters. The van der Waals surface area contributed by atoms with E-state index < -0.39 is 0 Å². The minimum absolute atomic E-state index is 0.0167. The van der Waals surface area contributed by atoms with Crippen LogP contribution in [0.5, 0.6) is 0 Å². The molecule has 1 saturated heterocycles. The first kappa shape index (κ1) is 15.1.